The Labute approximate surface area is 123 Å². The Hall–Kier alpha value is -1.17. The van der Waals surface area contributed by atoms with E-state index in [2.05, 4.69) is 15.5 Å². The first-order valence-corrected chi connectivity index (χ1v) is 7.10. The number of carbonyl (C=O) groups is 1. The molecule has 0 aliphatic carbocycles. The number of hydrogen-bond acceptors (Lipinski definition) is 3. The minimum atomic E-state index is -0.489. The van der Waals surface area contributed by atoms with Crippen LogP contribution in [0.5, 0.6) is 0 Å². The normalized spacial score (nSPS) is 16.4. The summed E-state index contributed by atoms with van der Waals surface area (Å²) < 4.78 is 13.0. The van der Waals surface area contributed by atoms with Crippen LogP contribution < -0.4 is 10.6 Å². The van der Waals surface area contributed by atoms with E-state index in [9.17, 15) is 9.18 Å². The number of likely N-dealkylation sites (N-methyl/N-ethyl adjacent to an activating group) is 1. The molecule has 20 heavy (non-hydrogen) atoms. The molecule has 6 heteroatoms. The third kappa shape index (κ3) is 4.16. The highest BCUT2D eigenvalue weighted by molar-refractivity contribution is 6.31. The van der Waals surface area contributed by atoms with E-state index in [4.69, 9.17) is 11.6 Å². The van der Waals surface area contributed by atoms with Gasteiger partial charge in [-0.15, -0.1) is 0 Å². The van der Waals surface area contributed by atoms with Gasteiger partial charge in [-0.2, -0.15) is 0 Å². The Morgan fingerprint density at radius 1 is 1.50 bits per heavy atom. The van der Waals surface area contributed by atoms with Gasteiger partial charge in [0.1, 0.15) is 5.82 Å². The molecule has 1 aliphatic heterocycles. The number of rotatable bonds is 4. The molecule has 0 radical (unpaired) electrons. The predicted molar refractivity (Wildman–Crippen MR) is 78.6 cm³/mol. The highest BCUT2D eigenvalue weighted by Gasteiger charge is 2.19. The fraction of sp³-hybridized carbons (Fsp3) is 0.500. The summed E-state index contributed by atoms with van der Waals surface area (Å²) in [5.41, 5.74) is 0.514. The maximum absolute atomic E-state index is 13.0. The third-order valence-electron chi connectivity index (χ3n) is 3.53. The number of anilines is 1. The van der Waals surface area contributed by atoms with E-state index in [0.717, 1.165) is 25.9 Å². The summed E-state index contributed by atoms with van der Waals surface area (Å²) in [6.45, 7) is 2.30. The van der Waals surface area contributed by atoms with Crippen molar-refractivity contribution in [2.45, 2.75) is 18.9 Å². The van der Waals surface area contributed by atoms with Gasteiger partial charge in [0, 0.05) is 11.7 Å². The van der Waals surface area contributed by atoms with Gasteiger partial charge in [0.05, 0.1) is 11.6 Å². The van der Waals surface area contributed by atoms with Crippen molar-refractivity contribution in [3.05, 3.63) is 29.0 Å². The molecule has 0 saturated carbocycles. The number of benzene rings is 1. The first-order valence-electron chi connectivity index (χ1n) is 6.72. The molecule has 1 amide bonds. The van der Waals surface area contributed by atoms with Gasteiger partial charge in [0.15, 0.2) is 0 Å². The Morgan fingerprint density at radius 3 is 2.85 bits per heavy atom. The minimum Gasteiger partial charge on any atom is -0.325 e. The molecule has 0 spiro atoms. The van der Waals surface area contributed by atoms with E-state index >= 15 is 0 Å². The highest BCUT2D eigenvalue weighted by Crippen LogP contribution is 2.19. The summed E-state index contributed by atoms with van der Waals surface area (Å²) in [5.74, 6) is -0.606. The summed E-state index contributed by atoms with van der Waals surface area (Å²) in [4.78, 5) is 14.0. The van der Waals surface area contributed by atoms with Crippen LogP contribution in [0.2, 0.25) is 5.02 Å². The molecule has 1 aromatic rings. The van der Waals surface area contributed by atoms with Gasteiger partial charge in [-0.25, -0.2) is 4.39 Å². The van der Waals surface area contributed by atoms with Crippen molar-refractivity contribution in [3.63, 3.8) is 0 Å². The van der Waals surface area contributed by atoms with Crippen LogP contribution in [-0.2, 0) is 4.79 Å². The van der Waals surface area contributed by atoms with Crippen molar-refractivity contribution >= 4 is 23.2 Å². The van der Waals surface area contributed by atoms with Crippen LogP contribution in [0.3, 0.4) is 0 Å². The number of hydrogen-bond donors (Lipinski definition) is 2. The molecule has 0 atom stereocenters. The standard InChI is InChI=1S/C14H19ClFN3O/c1-19(11-4-6-17-7-5-11)9-14(20)18-10-2-3-13(16)12(15)8-10/h2-3,8,11,17H,4-7,9H2,1H3,(H,18,20). The molecule has 0 aromatic heterocycles. The summed E-state index contributed by atoms with van der Waals surface area (Å²) in [5, 5.41) is 6.04. The minimum absolute atomic E-state index is 0.00881. The van der Waals surface area contributed by atoms with Gasteiger partial charge < -0.3 is 10.6 Å². The van der Waals surface area contributed by atoms with Crippen LogP contribution in [0, 0.1) is 5.82 Å². The molecule has 110 valence electrons. The van der Waals surface area contributed by atoms with Gasteiger partial charge >= 0.3 is 0 Å². The topological polar surface area (TPSA) is 44.4 Å². The van der Waals surface area contributed by atoms with E-state index in [1.54, 1.807) is 0 Å². The molecule has 0 unspecified atom stereocenters. The second-order valence-corrected chi connectivity index (χ2v) is 5.48. The molecule has 1 aromatic carbocycles. The fourth-order valence-electron chi connectivity index (χ4n) is 2.38. The molecule has 1 saturated heterocycles. The van der Waals surface area contributed by atoms with Crippen LogP contribution in [0.25, 0.3) is 0 Å². The summed E-state index contributed by atoms with van der Waals surface area (Å²) >= 11 is 5.68. The zero-order valence-electron chi connectivity index (χ0n) is 11.5. The van der Waals surface area contributed by atoms with Crippen molar-refractivity contribution in [1.82, 2.24) is 10.2 Å². The number of carbonyl (C=O) groups excluding carboxylic acids is 1. The van der Waals surface area contributed by atoms with Gasteiger partial charge in [0.25, 0.3) is 0 Å². The third-order valence-corrected chi connectivity index (χ3v) is 3.82. The second-order valence-electron chi connectivity index (χ2n) is 5.07. The monoisotopic (exact) mass is 299 g/mol. The molecule has 1 aliphatic rings. The lowest BCUT2D eigenvalue weighted by Gasteiger charge is -2.31. The number of nitrogens with zero attached hydrogens (tertiary/aromatic N) is 1. The van der Waals surface area contributed by atoms with Crippen molar-refractivity contribution in [2.75, 3.05) is 32.0 Å². The van der Waals surface area contributed by atoms with Gasteiger partial charge in [0.2, 0.25) is 5.91 Å². The quantitative estimate of drug-likeness (QED) is 0.895. The summed E-state index contributed by atoms with van der Waals surface area (Å²) in [7, 11) is 1.95. The summed E-state index contributed by atoms with van der Waals surface area (Å²) in [6, 6.07) is 4.59. The van der Waals surface area contributed by atoms with Crippen LogP contribution in [0.15, 0.2) is 18.2 Å². The van der Waals surface area contributed by atoms with Gasteiger partial charge in [-0.3, -0.25) is 9.69 Å². The largest absolute Gasteiger partial charge is 0.325 e. The zero-order valence-corrected chi connectivity index (χ0v) is 12.2. The van der Waals surface area contributed by atoms with Crippen LogP contribution >= 0.6 is 11.6 Å². The molecular formula is C14H19ClFN3O. The molecule has 2 rings (SSSR count). The highest BCUT2D eigenvalue weighted by atomic mass is 35.5. The van der Waals surface area contributed by atoms with Crippen molar-refractivity contribution in [3.8, 4) is 0 Å². The second kappa shape index (κ2) is 7.02. The average molecular weight is 300 g/mol. The number of amides is 1. The number of piperidine rings is 1. The molecule has 4 nitrogen and oxygen atoms in total. The van der Waals surface area contributed by atoms with Crippen LogP contribution in [0.1, 0.15) is 12.8 Å². The zero-order chi connectivity index (χ0) is 14.5. The first kappa shape index (κ1) is 15.2. The number of nitrogens with one attached hydrogen (secondary N) is 2. The first-order chi connectivity index (χ1) is 9.56. The predicted octanol–water partition coefficient (Wildman–Crippen LogP) is 2.10. The number of halogens is 2. The molecule has 1 fully saturated rings. The Kier molecular flexibility index (Phi) is 5.34. The maximum Gasteiger partial charge on any atom is 0.238 e. The van der Waals surface area contributed by atoms with Gasteiger partial charge in [-0.1, -0.05) is 11.6 Å². The average Bonchev–Trinajstić information content (AvgIpc) is 2.44. The smallest absolute Gasteiger partial charge is 0.238 e. The van der Waals surface area contributed by atoms with E-state index in [1.807, 2.05) is 7.05 Å². The summed E-state index contributed by atoms with van der Waals surface area (Å²) in [6.07, 6.45) is 2.10. The van der Waals surface area contributed by atoms with Crippen molar-refractivity contribution < 1.29 is 9.18 Å². The lowest BCUT2D eigenvalue weighted by molar-refractivity contribution is -0.117. The van der Waals surface area contributed by atoms with E-state index in [-0.39, 0.29) is 10.9 Å². The van der Waals surface area contributed by atoms with Crippen molar-refractivity contribution in [1.29, 1.82) is 0 Å². The van der Waals surface area contributed by atoms with Crippen molar-refractivity contribution in [2.24, 2.45) is 0 Å². The van der Waals surface area contributed by atoms with Gasteiger partial charge in [-0.05, 0) is 51.2 Å². The Morgan fingerprint density at radius 2 is 2.20 bits per heavy atom. The molecular weight excluding hydrogens is 281 g/mol. The SMILES string of the molecule is CN(CC(=O)Nc1ccc(F)c(Cl)c1)C1CCNCC1. The lowest BCUT2D eigenvalue weighted by atomic mass is 10.1. The Balaban J connectivity index is 1.86. The molecule has 2 N–H and O–H groups in total. The van der Waals surface area contributed by atoms with E-state index in [0.29, 0.717) is 18.3 Å². The molecule has 1 heterocycles. The molecule has 0 bridgehead atoms. The van der Waals surface area contributed by atoms with Crippen LogP contribution in [-0.4, -0.2) is 43.5 Å². The van der Waals surface area contributed by atoms with E-state index < -0.39 is 5.82 Å². The van der Waals surface area contributed by atoms with E-state index in [1.165, 1.54) is 18.2 Å². The maximum atomic E-state index is 13.0. The van der Waals surface area contributed by atoms with Crippen LogP contribution in [0.4, 0.5) is 10.1 Å². The lowest BCUT2D eigenvalue weighted by Crippen LogP contribution is -2.44. The fourth-order valence-corrected chi connectivity index (χ4v) is 2.56. The Bertz CT molecular complexity index is 477.